The van der Waals surface area contributed by atoms with Crippen LogP contribution in [0.25, 0.3) is 11.6 Å². The van der Waals surface area contributed by atoms with Crippen LogP contribution in [-0.2, 0) is 6.42 Å². The highest BCUT2D eigenvalue weighted by Gasteiger charge is 2.56. The molecule has 3 unspecified atom stereocenters. The first-order valence-corrected chi connectivity index (χ1v) is 7.19. The fraction of sp³-hybridized carbons (Fsp3) is 0.333. The lowest BCUT2D eigenvalue weighted by Crippen LogP contribution is -2.00. The molecule has 2 aromatic heterocycles. The van der Waals surface area contributed by atoms with E-state index in [1.807, 2.05) is 0 Å². The van der Waals surface area contributed by atoms with Crippen LogP contribution in [0.1, 0.15) is 35.3 Å². The average molecular weight is 279 g/mol. The number of aromatic nitrogens is 5. The van der Waals surface area contributed by atoms with Gasteiger partial charge >= 0.3 is 0 Å². The highest BCUT2D eigenvalue weighted by Crippen LogP contribution is 2.64. The van der Waals surface area contributed by atoms with Crippen molar-refractivity contribution in [3.05, 3.63) is 47.6 Å². The first-order valence-electron chi connectivity index (χ1n) is 7.19. The van der Waals surface area contributed by atoms with Crippen molar-refractivity contribution in [2.24, 2.45) is 5.92 Å². The van der Waals surface area contributed by atoms with Crippen LogP contribution in [0.2, 0.25) is 0 Å². The van der Waals surface area contributed by atoms with E-state index in [4.69, 9.17) is 4.52 Å². The van der Waals surface area contributed by atoms with Crippen LogP contribution >= 0.6 is 0 Å². The summed E-state index contributed by atoms with van der Waals surface area (Å²) in [6.45, 7) is 0. The fourth-order valence-corrected chi connectivity index (χ4v) is 3.68. The molecular formula is C15H13N5O. The van der Waals surface area contributed by atoms with E-state index in [-0.39, 0.29) is 0 Å². The van der Waals surface area contributed by atoms with Crippen LogP contribution in [-0.4, -0.2) is 25.3 Å². The van der Waals surface area contributed by atoms with Crippen molar-refractivity contribution in [2.45, 2.75) is 24.7 Å². The molecule has 1 aromatic carbocycles. The summed E-state index contributed by atoms with van der Waals surface area (Å²) in [6, 6.07) is 8.70. The van der Waals surface area contributed by atoms with E-state index in [1.54, 1.807) is 0 Å². The van der Waals surface area contributed by atoms with Gasteiger partial charge in [0.1, 0.15) is 6.33 Å². The topological polar surface area (TPSA) is 80.5 Å². The van der Waals surface area contributed by atoms with Gasteiger partial charge in [-0.2, -0.15) is 10.1 Å². The lowest BCUT2D eigenvalue weighted by Gasteiger charge is -2.13. The second-order valence-electron chi connectivity index (χ2n) is 5.74. The Morgan fingerprint density at radius 3 is 3.05 bits per heavy atom. The Balaban J connectivity index is 1.49. The minimum atomic E-state index is 0.359. The van der Waals surface area contributed by atoms with Gasteiger partial charge in [-0.05, 0) is 35.8 Å². The van der Waals surface area contributed by atoms with Crippen LogP contribution in [0.4, 0.5) is 0 Å². The van der Waals surface area contributed by atoms with Crippen molar-refractivity contribution >= 4 is 0 Å². The normalized spacial score (nSPS) is 26.2. The number of hydrogen-bond acceptors (Lipinski definition) is 5. The summed E-state index contributed by atoms with van der Waals surface area (Å²) in [7, 11) is 0. The fourth-order valence-electron chi connectivity index (χ4n) is 3.68. The van der Waals surface area contributed by atoms with Gasteiger partial charge < -0.3 is 4.52 Å². The van der Waals surface area contributed by atoms with Crippen LogP contribution in [0.5, 0.6) is 0 Å². The lowest BCUT2D eigenvalue weighted by atomic mass is 9.92. The molecule has 0 spiro atoms. The van der Waals surface area contributed by atoms with Crippen molar-refractivity contribution < 1.29 is 4.52 Å². The molecular weight excluding hydrogens is 266 g/mol. The van der Waals surface area contributed by atoms with Crippen molar-refractivity contribution in [1.29, 1.82) is 0 Å². The Bertz CT molecular complexity index is 794. The molecule has 3 aromatic rings. The molecule has 6 heteroatoms. The van der Waals surface area contributed by atoms with Crippen LogP contribution in [0.3, 0.4) is 0 Å². The minimum Gasteiger partial charge on any atom is -0.339 e. The lowest BCUT2D eigenvalue weighted by molar-refractivity contribution is 0.374. The minimum absolute atomic E-state index is 0.359. The SMILES string of the molecule is c1ccc2c(c1)CCC1C(c3nc(-c4ncn[nH]4)no3)C21. The molecule has 21 heavy (non-hydrogen) atoms. The Morgan fingerprint density at radius 1 is 1.19 bits per heavy atom. The third-order valence-electron chi connectivity index (χ3n) is 4.68. The van der Waals surface area contributed by atoms with E-state index in [0.29, 0.717) is 29.4 Å². The number of aryl methyl sites for hydroxylation is 1. The van der Waals surface area contributed by atoms with E-state index in [0.717, 1.165) is 12.3 Å². The summed E-state index contributed by atoms with van der Waals surface area (Å²) in [5.74, 6) is 3.31. The smallest absolute Gasteiger partial charge is 0.239 e. The first-order chi connectivity index (χ1) is 10.4. The molecule has 1 fully saturated rings. The third kappa shape index (κ3) is 1.59. The second-order valence-corrected chi connectivity index (χ2v) is 5.74. The van der Waals surface area contributed by atoms with E-state index in [9.17, 15) is 0 Å². The number of hydrogen-bond donors (Lipinski definition) is 1. The first kappa shape index (κ1) is 11.2. The molecule has 2 aliphatic carbocycles. The van der Waals surface area contributed by atoms with Gasteiger partial charge in [-0.25, -0.2) is 4.98 Å². The number of aromatic amines is 1. The van der Waals surface area contributed by atoms with E-state index in [1.165, 1.54) is 23.9 Å². The number of benzene rings is 1. The second kappa shape index (κ2) is 4.00. The molecule has 1 saturated carbocycles. The van der Waals surface area contributed by atoms with Gasteiger partial charge in [-0.3, -0.25) is 5.10 Å². The zero-order chi connectivity index (χ0) is 13.8. The monoisotopic (exact) mass is 279 g/mol. The molecule has 2 aliphatic rings. The molecule has 0 saturated heterocycles. The number of fused-ring (bicyclic) bond motifs is 3. The Labute approximate surface area is 120 Å². The summed E-state index contributed by atoms with van der Waals surface area (Å²) < 4.78 is 5.47. The molecule has 0 bridgehead atoms. The Hall–Kier alpha value is -2.50. The van der Waals surface area contributed by atoms with Crippen LogP contribution in [0, 0.1) is 5.92 Å². The predicted octanol–water partition coefficient (Wildman–Crippen LogP) is 2.30. The van der Waals surface area contributed by atoms with Crippen molar-refractivity contribution in [3.8, 4) is 11.6 Å². The van der Waals surface area contributed by atoms with Crippen molar-refractivity contribution in [3.63, 3.8) is 0 Å². The maximum absolute atomic E-state index is 5.47. The maximum Gasteiger partial charge on any atom is 0.239 e. The van der Waals surface area contributed by atoms with Crippen LogP contribution < -0.4 is 0 Å². The largest absolute Gasteiger partial charge is 0.339 e. The van der Waals surface area contributed by atoms with Gasteiger partial charge in [0.25, 0.3) is 0 Å². The summed E-state index contributed by atoms with van der Waals surface area (Å²) in [4.78, 5) is 8.55. The van der Waals surface area contributed by atoms with Gasteiger partial charge in [-0.15, -0.1) is 0 Å². The number of H-pyrrole nitrogens is 1. The van der Waals surface area contributed by atoms with Gasteiger partial charge in [0.05, 0.1) is 0 Å². The molecule has 0 radical (unpaired) electrons. The highest BCUT2D eigenvalue weighted by molar-refractivity contribution is 5.45. The van der Waals surface area contributed by atoms with Crippen molar-refractivity contribution in [1.82, 2.24) is 25.3 Å². The van der Waals surface area contributed by atoms with E-state index >= 15 is 0 Å². The Kier molecular flexibility index (Phi) is 2.13. The zero-order valence-corrected chi connectivity index (χ0v) is 11.2. The Morgan fingerprint density at radius 2 is 2.14 bits per heavy atom. The van der Waals surface area contributed by atoms with Gasteiger partial charge in [0.15, 0.2) is 5.82 Å². The van der Waals surface area contributed by atoms with E-state index in [2.05, 4.69) is 49.6 Å². The average Bonchev–Trinajstić information content (AvgIpc) is 2.92. The summed E-state index contributed by atoms with van der Waals surface area (Å²) in [5.41, 5.74) is 2.93. The molecule has 0 aliphatic heterocycles. The molecule has 5 rings (SSSR count). The standard InChI is InChI=1S/C15H13N5O/c1-2-4-9-8(3-1)5-6-10-11(9)12(10)15-18-14(20-21-15)13-16-7-17-19-13/h1-4,7,10-12H,5-6H2,(H,16,17,19). The quantitative estimate of drug-likeness (QED) is 0.778. The molecule has 6 nitrogen and oxygen atoms in total. The van der Waals surface area contributed by atoms with Gasteiger partial charge in [-0.1, -0.05) is 29.4 Å². The molecule has 104 valence electrons. The predicted molar refractivity (Wildman–Crippen MR) is 73.4 cm³/mol. The summed E-state index contributed by atoms with van der Waals surface area (Å²) in [6.07, 6.45) is 3.79. The van der Waals surface area contributed by atoms with E-state index < -0.39 is 0 Å². The highest BCUT2D eigenvalue weighted by atomic mass is 16.5. The van der Waals surface area contributed by atoms with Crippen LogP contribution in [0.15, 0.2) is 35.1 Å². The number of nitrogens with zero attached hydrogens (tertiary/aromatic N) is 4. The van der Waals surface area contributed by atoms with Gasteiger partial charge in [0.2, 0.25) is 11.7 Å². The third-order valence-corrected chi connectivity index (χ3v) is 4.68. The summed E-state index contributed by atoms with van der Waals surface area (Å²) in [5, 5.41) is 10.6. The number of nitrogens with one attached hydrogen (secondary N) is 1. The molecule has 3 atom stereocenters. The molecule has 1 N–H and O–H groups in total. The van der Waals surface area contributed by atoms with Crippen molar-refractivity contribution in [2.75, 3.05) is 0 Å². The number of rotatable bonds is 2. The molecule has 2 heterocycles. The summed E-state index contributed by atoms with van der Waals surface area (Å²) >= 11 is 0. The maximum atomic E-state index is 5.47. The van der Waals surface area contributed by atoms with Gasteiger partial charge in [0, 0.05) is 5.92 Å². The zero-order valence-electron chi connectivity index (χ0n) is 11.2. The molecule has 0 amide bonds.